The molecule has 1 N–H and O–H groups in total. The molecule has 1 saturated carbocycles. The van der Waals surface area contributed by atoms with E-state index in [1.807, 2.05) is 19.1 Å². The molecule has 1 fully saturated rings. The van der Waals surface area contributed by atoms with Crippen LogP contribution in [0, 0.1) is 5.92 Å². The van der Waals surface area contributed by atoms with Crippen molar-refractivity contribution in [3.63, 3.8) is 0 Å². The van der Waals surface area contributed by atoms with Gasteiger partial charge in [-0.25, -0.2) is 0 Å². The third-order valence-corrected chi connectivity index (χ3v) is 3.01. The van der Waals surface area contributed by atoms with E-state index in [1.54, 1.807) is 0 Å². The first-order chi connectivity index (χ1) is 6.18. The average Bonchev–Trinajstić information content (AvgIpc) is 2.85. The van der Waals surface area contributed by atoms with Gasteiger partial charge in [-0.1, -0.05) is 23.7 Å². The molecule has 0 unspecified atom stereocenters. The standard InChI is InChI=1S/C11H13ClO/c1-7(13)10-6-11(10)8-2-4-9(12)5-3-8/h2-5,7,10-11,13H,6H2,1H3/t7-,10+,11-/m0/s1. The largest absolute Gasteiger partial charge is 0.393 e. The number of benzene rings is 1. The van der Waals surface area contributed by atoms with Crippen molar-refractivity contribution in [3.05, 3.63) is 34.9 Å². The molecule has 0 heterocycles. The fourth-order valence-electron chi connectivity index (χ4n) is 1.84. The van der Waals surface area contributed by atoms with Crippen LogP contribution >= 0.6 is 11.6 Å². The fourth-order valence-corrected chi connectivity index (χ4v) is 1.97. The van der Waals surface area contributed by atoms with Gasteiger partial charge in [-0.2, -0.15) is 0 Å². The Labute approximate surface area is 83.3 Å². The number of aliphatic hydroxyl groups excluding tert-OH is 1. The summed E-state index contributed by atoms with van der Waals surface area (Å²) in [6.07, 6.45) is 0.930. The van der Waals surface area contributed by atoms with E-state index in [4.69, 9.17) is 11.6 Å². The third kappa shape index (κ3) is 1.87. The van der Waals surface area contributed by atoms with Gasteiger partial charge in [0.2, 0.25) is 0 Å². The maximum absolute atomic E-state index is 9.35. The number of hydrogen-bond donors (Lipinski definition) is 1. The zero-order valence-electron chi connectivity index (χ0n) is 7.57. The molecule has 0 radical (unpaired) electrons. The minimum atomic E-state index is -0.180. The fraction of sp³-hybridized carbons (Fsp3) is 0.455. The van der Waals surface area contributed by atoms with E-state index in [-0.39, 0.29) is 6.10 Å². The Balaban J connectivity index is 2.08. The van der Waals surface area contributed by atoms with E-state index in [0.29, 0.717) is 11.8 Å². The first-order valence-corrected chi connectivity index (χ1v) is 5.00. The lowest BCUT2D eigenvalue weighted by Crippen LogP contribution is -2.03. The van der Waals surface area contributed by atoms with E-state index in [9.17, 15) is 5.11 Å². The van der Waals surface area contributed by atoms with E-state index < -0.39 is 0 Å². The minimum absolute atomic E-state index is 0.180. The predicted octanol–water partition coefficient (Wildman–Crippen LogP) is 2.82. The summed E-state index contributed by atoms with van der Waals surface area (Å²) in [6, 6.07) is 7.92. The van der Waals surface area contributed by atoms with Crippen molar-refractivity contribution in [1.82, 2.24) is 0 Å². The molecule has 1 nitrogen and oxygen atoms in total. The molecule has 13 heavy (non-hydrogen) atoms. The van der Waals surface area contributed by atoms with Gasteiger partial charge in [-0.05, 0) is 42.9 Å². The number of aliphatic hydroxyl groups is 1. The first-order valence-electron chi connectivity index (χ1n) is 4.62. The highest BCUT2D eigenvalue weighted by Gasteiger charge is 2.41. The molecule has 1 aliphatic rings. The molecule has 0 spiro atoms. The van der Waals surface area contributed by atoms with Gasteiger partial charge in [0.15, 0.2) is 0 Å². The summed E-state index contributed by atoms with van der Waals surface area (Å²) >= 11 is 5.79. The van der Waals surface area contributed by atoms with E-state index in [0.717, 1.165) is 11.4 Å². The van der Waals surface area contributed by atoms with Crippen molar-refractivity contribution in [2.45, 2.75) is 25.4 Å². The topological polar surface area (TPSA) is 20.2 Å². The summed E-state index contributed by atoms with van der Waals surface area (Å²) < 4.78 is 0. The van der Waals surface area contributed by atoms with Gasteiger partial charge < -0.3 is 5.11 Å². The highest BCUT2D eigenvalue weighted by Crippen LogP contribution is 2.49. The van der Waals surface area contributed by atoms with Crippen LogP contribution in [0.2, 0.25) is 5.02 Å². The van der Waals surface area contributed by atoms with Crippen molar-refractivity contribution in [3.8, 4) is 0 Å². The second kappa shape index (κ2) is 3.32. The maximum Gasteiger partial charge on any atom is 0.0546 e. The number of rotatable bonds is 2. The second-order valence-electron chi connectivity index (χ2n) is 3.80. The zero-order chi connectivity index (χ0) is 9.42. The lowest BCUT2D eigenvalue weighted by atomic mass is 10.1. The molecule has 2 heteroatoms. The Morgan fingerprint density at radius 2 is 2.00 bits per heavy atom. The SMILES string of the molecule is C[C@H](O)[C@H]1C[C@H]1c1ccc(Cl)cc1. The minimum Gasteiger partial charge on any atom is -0.393 e. The molecule has 1 aliphatic carbocycles. The smallest absolute Gasteiger partial charge is 0.0546 e. The summed E-state index contributed by atoms with van der Waals surface area (Å²) in [5.74, 6) is 1.01. The second-order valence-corrected chi connectivity index (χ2v) is 4.23. The summed E-state index contributed by atoms with van der Waals surface area (Å²) in [4.78, 5) is 0. The monoisotopic (exact) mass is 196 g/mol. The van der Waals surface area contributed by atoms with Crippen molar-refractivity contribution in [1.29, 1.82) is 0 Å². The van der Waals surface area contributed by atoms with Crippen LogP contribution in [0.4, 0.5) is 0 Å². The van der Waals surface area contributed by atoms with Crippen molar-refractivity contribution in [2.75, 3.05) is 0 Å². The highest BCUT2D eigenvalue weighted by molar-refractivity contribution is 6.30. The van der Waals surface area contributed by atoms with Crippen LogP contribution in [0.5, 0.6) is 0 Å². The summed E-state index contributed by atoms with van der Waals surface area (Å²) in [5.41, 5.74) is 1.30. The Bertz CT molecular complexity index is 291. The Hall–Kier alpha value is -0.530. The van der Waals surface area contributed by atoms with Crippen LogP contribution in [0.1, 0.15) is 24.8 Å². The van der Waals surface area contributed by atoms with Crippen LogP contribution in [0.3, 0.4) is 0 Å². The van der Waals surface area contributed by atoms with Crippen molar-refractivity contribution < 1.29 is 5.11 Å². The van der Waals surface area contributed by atoms with E-state index >= 15 is 0 Å². The van der Waals surface area contributed by atoms with Crippen molar-refractivity contribution in [2.24, 2.45) is 5.92 Å². The molecular weight excluding hydrogens is 184 g/mol. The number of halogens is 1. The molecule has 0 aliphatic heterocycles. The summed E-state index contributed by atoms with van der Waals surface area (Å²) in [6.45, 7) is 1.86. The molecule has 0 amide bonds. The molecule has 1 aromatic carbocycles. The van der Waals surface area contributed by atoms with Crippen molar-refractivity contribution >= 4 is 11.6 Å². The average molecular weight is 197 g/mol. The molecule has 1 aromatic rings. The first kappa shape index (κ1) is 9.04. The lowest BCUT2D eigenvalue weighted by molar-refractivity contribution is 0.169. The maximum atomic E-state index is 9.35. The van der Waals surface area contributed by atoms with Gasteiger partial charge >= 0.3 is 0 Å². The molecule has 3 atom stereocenters. The molecule has 70 valence electrons. The zero-order valence-corrected chi connectivity index (χ0v) is 8.33. The Morgan fingerprint density at radius 1 is 1.38 bits per heavy atom. The van der Waals surface area contributed by atoms with Crippen LogP contribution in [0.15, 0.2) is 24.3 Å². The molecule has 0 bridgehead atoms. The number of hydrogen-bond acceptors (Lipinski definition) is 1. The van der Waals surface area contributed by atoms with Gasteiger partial charge in [0.1, 0.15) is 0 Å². The van der Waals surface area contributed by atoms with Gasteiger partial charge in [0.05, 0.1) is 6.10 Å². The van der Waals surface area contributed by atoms with Crippen LogP contribution in [-0.4, -0.2) is 11.2 Å². The molecular formula is C11H13ClO. The van der Waals surface area contributed by atoms with Gasteiger partial charge in [-0.15, -0.1) is 0 Å². The Morgan fingerprint density at radius 3 is 2.46 bits per heavy atom. The van der Waals surface area contributed by atoms with E-state index in [2.05, 4.69) is 12.1 Å². The lowest BCUT2D eigenvalue weighted by Gasteiger charge is -2.02. The summed E-state index contributed by atoms with van der Waals surface area (Å²) in [7, 11) is 0. The molecule has 0 saturated heterocycles. The van der Waals surface area contributed by atoms with Crippen LogP contribution < -0.4 is 0 Å². The van der Waals surface area contributed by atoms with Gasteiger partial charge in [0.25, 0.3) is 0 Å². The molecule has 2 rings (SSSR count). The van der Waals surface area contributed by atoms with E-state index in [1.165, 1.54) is 5.56 Å². The third-order valence-electron chi connectivity index (χ3n) is 2.76. The molecule has 0 aromatic heterocycles. The van der Waals surface area contributed by atoms with Gasteiger partial charge in [0, 0.05) is 5.02 Å². The van der Waals surface area contributed by atoms with Gasteiger partial charge in [-0.3, -0.25) is 0 Å². The van der Waals surface area contributed by atoms with Crippen LogP contribution in [-0.2, 0) is 0 Å². The quantitative estimate of drug-likeness (QED) is 0.772. The highest BCUT2D eigenvalue weighted by atomic mass is 35.5. The summed E-state index contributed by atoms with van der Waals surface area (Å²) in [5, 5.41) is 10.1. The van der Waals surface area contributed by atoms with Crippen LogP contribution in [0.25, 0.3) is 0 Å². The Kier molecular flexibility index (Phi) is 2.31. The predicted molar refractivity (Wildman–Crippen MR) is 54.0 cm³/mol. The normalized spacial score (nSPS) is 28.5.